The molecule has 0 bridgehead atoms. The fourth-order valence-electron chi connectivity index (χ4n) is 3.83. The van der Waals surface area contributed by atoms with Crippen molar-refractivity contribution in [3.8, 4) is 10.4 Å². The van der Waals surface area contributed by atoms with E-state index < -0.39 is 0 Å². The Hall–Kier alpha value is -1.99. The van der Waals surface area contributed by atoms with E-state index in [1.165, 1.54) is 22.6 Å². The largest absolute Gasteiger partial charge is 0.308 e. The Labute approximate surface area is 175 Å². The Morgan fingerprint density at radius 2 is 2.11 bits per heavy atom. The minimum Gasteiger partial charge on any atom is -0.308 e. The van der Waals surface area contributed by atoms with Crippen molar-refractivity contribution in [2.24, 2.45) is 0 Å². The second-order valence-corrected chi connectivity index (χ2v) is 9.46. The third kappa shape index (κ3) is 3.42. The number of fused-ring (bicyclic) bond motifs is 1. The summed E-state index contributed by atoms with van der Waals surface area (Å²) in [7, 11) is 0. The first kappa shape index (κ1) is 18.1. The van der Waals surface area contributed by atoms with Crippen LogP contribution < -0.4 is 5.56 Å². The van der Waals surface area contributed by atoms with E-state index in [1.54, 1.807) is 11.3 Å². The lowest BCUT2D eigenvalue weighted by Gasteiger charge is -2.22. The van der Waals surface area contributed by atoms with Crippen LogP contribution in [0.5, 0.6) is 0 Å². The van der Waals surface area contributed by atoms with Crippen LogP contribution in [0, 0.1) is 0 Å². The molecule has 142 valence electrons. The highest BCUT2D eigenvalue weighted by Gasteiger charge is 2.27. The van der Waals surface area contributed by atoms with Gasteiger partial charge >= 0.3 is 0 Å². The summed E-state index contributed by atoms with van der Waals surface area (Å²) >= 11 is 9.26. The van der Waals surface area contributed by atoms with Gasteiger partial charge in [-0.05, 0) is 54.6 Å². The fraction of sp³-hybridized carbons (Fsp3) is 0.238. The van der Waals surface area contributed by atoms with E-state index in [4.69, 9.17) is 16.6 Å². The van der Waals surface area contributed by atoms with Crippen LogP contribution in [-0.2, 0) is 6.54 Å². The second-order valence-electron chi connectivity index (χ2n) is 6.99. The molecule has 1 aromatic carbocycles. The van der Waals surface area contributed by atoms with Crippen molar-refractivity contribution in [3.05, 3.63) is 73.9 Å². The zero-order valence-corrected chi connectivity index (χ0v) is 17.4. The van der Waals surface area contributed by atoms with Gasteiger partial charge in [0.15, 0.2) is 0 Å². The van der Waals surface area contributed by atoms with E-state index in [9.17, 15) is 4.79 Å². The second kappa shape index (κ2) is 7.44. The molecule has 0 amide bonds. The Morgan fingerprint density at radius 1 is 1.25 bits per heavy atom. The van der Waals surface area contributed by atoms with Crippen LogP contribution in [0.3, 0.4) is 0 Å². The zero-order chi connectivity index (χ0) is 19.1. The molecule has 7 heteroatoms. The average Bonchev–Trinajstić information content (AvgIpc) is 3.42. The number of hydrogen-bond donors (Lipinski definition) is 1. The highest BCUT2D eigenvalue weighted by molar-refractivity contribution is 7.22. The normalized spacial score (nSPS) is 17.5. The van der Waals surface area contributed by atoms with E-state index in [0.29, 0.717) is 22.3 Å². The molecule has 1 saturated heterocycles. The average molecular weight is 428 g/mol. The Bertz CT molecular complexity index is 1160. The summed E-state index contributed by atoms with van der Waals surface area (Å²) in [5.74, 6) is 0.737. The van der Waals surface area contributed by atoms with Crippen molar-refractivity contribution >= 4 is 44.5 Å². The highest BCUT2D eigenvalue weighted by Crippen LogP contribution is 2.35. The molecular weight excluding hydrogens is 410 g/mol. The predicted octanol–water partition coefficient (Wildman–Crippen LogP) is 5.70. The molecule has 0 aliphatic carbocycles. The molecule has 0 unspecified atom stereocenters. The highest BCUT2D eigenvalue weighted by atomic mass is 35.5. The number of likely N-dealkylation sites (tertiary alicyclic amines) is 1. The van der Waals surface area contributed by atoms with Crippen LogP contribution >= 0.6 is 34.3 Å². The van der Waals surface area contributed by atoms with Crippen LogP contribution in [0.1, 0.15) is 29.6 Å². The molecule has 28 heavy (non-hydrogen) atoms. The van der Waals surface area contributed by atoms with Crippen molar-refractivity contribution in [3.63, 3.8) is 0 Å². The standard InChI is InChI=1S/C21H18ClN3OS2/c22-14-7-5-13(6-8-14)18-11-15-20(28-18)21(26)24-19(23-15)12-25-9-1-3-16(25)17-4-2-10-27-17/h2,4-8,10-11,16H,1,3,9,12H2,(H,23,24,26)/t16-/m0/s1. The monoisotopic (exact) mass is 427 g/mol. The SMILES string of the molecule is O=c1[nH]c(CN2CCC[C@H]2c2cccs2)nc2cc(-c3ccc(Cl)cc3)sc12. The molecule has 5 rings (SSSR count). The van der Waals surface area contributed by atoms with E-state index in [1.807, 2.05) is 30.3 Å². The molecule has 1 aliphatic rings. The summed E-state index contributed by atoms with van der Waals surface area (Å²) in [4.78, 5) is 25.3. The van der Waals surface area contributed by atoms with E-state index in [2.05, 4.69) is 27.4 Å². The number of hydrogen-bond acceptors (Lipinski definition) is 5. The number of H-pyrrole nitrogens is 1. The smallest absolute Gasteiger partial charge is 0.268 e. The van der Waals surface area contributed by atoms with Gasteiger partial charge in [-0.3, -0.25) is 9.69 Å². The molecule has 1 N–H and O–H groups in total. The van der Waals surface area contributed by atoms with Crippen molar-refractivity contribution < 1.29 is 0 Å². The number of benzene rings is 1. The number of thiophene rings is 2. The maximum absolute atomic E-state index is 12.7. The van der Waals surface area contributed by atoms with Crippen molar-refractivity contribution in [2.75, 3.05) is 6.54 Å². The van der Waals surface area contributed by atoms with Gasteiger partial charge in [-0.25, -0.2) is 4.98 Å². The molecule has 1 aliphatic heterocycles. The Kier molecular flexibility index (Phi) is 4.80. The Morgan fingerprint density at radius 3 is 2.89 bits per heavy atom. The summed E-state index contributed by atoms with van der Waals surface area (Å²) in [5, 5.41) is 2.83. The molecule has 4 aromatic rings. The van der Waals surface area contributed by atoms with Gasteiger partial charge < -0.3 is 4.98 Å². The number of nitrogens with one attached hydrogen (secondary N) is 1. The third-order valence-corrected chi connectivity index (χ3v) is 7.55. The summed E-state index contributed by atoms with van der Waals surface area (Å²) < 4.78 is 0.671. The summed E-state index contributed by atoms with van der Waals surface area (Å²) in [6.07, 6.45) is 2.33. The number of halogens is 1. The number of aromatic amines is 1. The Balaban J connectivity index is 1.46. The molecule has 0 radical (unpaired) electrons. The lowest BCUT2D eigenvalue weighted by Crippen LogP contribution is -2.25. The van der Waals surface area contributed by atoms with Crippen molar-refractivity contribution in [2.45, 2.75) is 25.4 Å². The number of rotatable bonds is 4. The van der Waals surface area contributed by atoms with Gasteiger partial charge in [0.2, 0.25) is 0 Å². The first-order chi connectivity index (χ1) is 13.7. The maximum atomic E-state index is 12.7. The van der Waals surface area contributed by atoms with Gasteiger partial charge in [-0.15, -0.1) is 22.7 Å². The van der Waals surface area contributed by atoms with E-state index in [-0.39, 0.29) is 5.56 Å². The molecule has 0 saturated carbocycles. The topological polar surface area (TPSA) is 49.0 Å². The minimum absolute atomic E-state index is 0.0583. The van der Waals surface area contributed by atoms with Crippen LogP contribution in [-0.4, -0.2) is 21.4 Å². The molecule has 4 nitrogen and oxygen atoms in total. The first-order valence-corrected chi connectivity index (χ1v) is 11.3. The molecule has 3 aromatic heterocycles. The van der Waals surface area contributed by atoms with E-state index in [0.717, 1.165) is 34.7 Å². The van der Waals surface area contributed by atoms with Crippen molar-refractivity contribution in [1.82, 2.24) is 14.9 Å². The summed E-state index contributed by atoms with van der Waals surface area (Å²) in [6.45, 7) is 1.70. The van der Waals surface area contributed by atoms with Gasteiger partial charge in [0.1, 0.15) is 10.5 Å². The maximum Gasteiger partial charge on any atom is 0.268 e. The zero-order valence-electron chi connectivity index (χ0n) is 15.0. The first-order valence-electron chi connectivity index (χ1n) is 9.23. The van der Waals surface area contributed by atoms with Gasteiger partial charge in [-0.2, -0.15) is 0 Å². The number of aromatic nitrogens is 2. The molecule has 1 fully saturated rings. The van der Waals surface area contributed by atoms with Crippen LogP contribution in [0.25, 0.3) is 20.7 Å². The number of nitrogens with zero attached hydrogens (tertiary/aromatic N) is 2. The van der Waals surface area contributed by atoms with E-state index >= 15 is 0 Å². The quantitative estimate of drug-likeness (QED) is 0.454. The molecular formula is C21H18ClN3OS2. The predicted molar refractivity (Wildman–Crippen MR) is 117 cm³/mol. The summed E-state index contributed by atoms with van der Waals surface area (Å²) in [6, 6.07) is 14.4. The van der Waals surface area contributed by atoms with Gasteiger partial charge in [0.25, 0.3) is 5.56 Å². The van der Waals surface area contributed by atoms with Gasteiger partial charge in [0, 0.05) is 20.8 Å². The van der Waals surface area contributed by atoms with Gasteiger partial charge in [-0.1, -0.05) is 29.8 Å². The molecule has 1 atom stereocenters. The third-order valence-electron chi connectivity index (χ3n) is 5.15. The van der Waals surface area contributed by atoms with Crippen LogP contribution in [0.2, 0.25) is 5.02 Å². The fourth-order valence-corrected chi connectivity index (χ4v) is 5.85. The van der Waals surface area contributed by atoms with Crippen LogP contribution in [0.4, 0.5) is 0 Å². The lowest BCUT2D eigenvalue weighted by atomic mass is 10.2. The summed E-state index contributed by atoms with van der Waals surface area (Å²) in [5.41, 5.74) is 1.75. The van der Waals surface area contributed by atoms with Crippen molar-refractivity contribution in [1.29, 1.82) is 0 Å². The molecule has 4 heterocycles. The van der Waals surface area contributed by atoms with Crippen LogP contribution in [0.15, 0.2) is 52.6 Å². The van der Waals surface area contributed by atoms with Gasteiger partial charge in [0.05, 0.1) is 12.1 Å². The minimum atomic E-state index is -0.0583. The molecule has 0 spiro atoms. The lowest BCUT2D eigenvalue weighted by molar-refractivity contribution is 0.245.